The molecule has 0 atom stereocenters. The number of nitrogens with one attached hydrogen (secondary N) is 1. The summed E-state index contributed by atoms with van der Waals surface area (Å²) >= 11 is 9.19. The van der Waals surface area contributed by atoms with Crippen molar-refractivity contribution in [3.8, 4) is 11.6 Å². The average Bonchev–Trinajstić information content (AvgIpc) is 2.91. The Morgan fingerprint density at radius 2 is 1.73 bits per heavy atom. The van der Waals surface area contributed by atoms with E-state index >= 15 is 0 Å². The second kappa shape index (κ2) is 14.7. The number of hydrogen-bond donors (Lipinski definition) is 1. The maximum Gasteiger partial charge on any atom is 0.257 e. The van der Waals surface area contributed by atoms with Crippen molar-refractivity contribution in [3.63, 3.8) is 0 Å². The maximum atomic E-state index is 12.6. The lowest BCUT2D eigenvalue weighted by atomic mass is 10.2. The van der Waals surface area contributed by atoms with E-state index in [0.717, 1.165) is 13.1 Å². The van der Waals surface area contributed by atoms with Crippen LogP contribution in [-0.2, 0) is 16.1 Å². The van der Waals surface area contributed by atoms with Crippen molar-refractivity contribution in [2.24, 2.45) is 0 Å². The number of piperazine rings is 1. The second-order valence-corrected chi connectivity index (χ2v) is 9.70. The Hall–Kier alpha value is -2.98. The van der Waals surface area contributed by atoms with E-state index < -0.39 is 5.91 Å². The molecule has 0 unspecified atom stereocenters. The van der Waals surface area contributed by atoms with E-state index in [1.807, 2.05) is 37.4 Å². The van der Waals surface area contributed by atoms with E-state index in [1.165, 1.54) is 11.8 Å². The summed E-state index contributed by atoms with van der Waals surface area (Å²) in [5.74, 6) is 0.113. The minimum absolute atomic E-state index is 0.0740. The molecule has 1 N–H and O–H groups in total. The number of methoxy groups -OCH3 is 1. The van der Waals surface area contributed by atoms with Crippen LogP contribution in [0.15, 0.2) is 71.3 Å². The molecule has 8 nitrogen and oxygen atoms in total. The fourth-order valence-corrected chi connectivity index (χ4v) is 3.90. The van der Waals surface area contributed by atoms with E-state index in [9.17, 15) is 9.59 Å². The third-order valence-corrected chi connectivity index (χ3v) is 6.19. The molecule has 196 valence electrons. The number of nitrogens with zero attached hydrogens (tertiary/aromatic N) is 3. The fraction of sp³-hybridized carbons (Fsp3) is 0.296. The number of rotatable bonds is 7. The summed E-state index contributed by atoms with van der Waals surface area (Å²) in [5.41, 5.74) is 1.45. The smallest absolute Gasteiger partial charge is 0.257 e. The van der Waals surface area contributed by atoms with Gasteiger partial charge in [-0.15, -0.1) is 0 Å². The number of halogens is 2. The topological polar surface area (TPSA) is 84.0 Å². The number of amides is 2. The maximum absolute atomic E-state index is 12.6. The van der Waals surface area contributed by atoms with Gasteiger partial charge in [0.05, 0.1) is 13.2 Å². The van der Waals surface area contributed by atoms with Gasteiger partial charge in [-0.25, -0.2) is 4.98 Å². The fourth-order valence-electron chi connectivity index (χ4n) is 3.44. The quantitative estimate of drug-likeness (QED) is 0.433. The van der Waals surface area contributed by atoms with Gasteiger partial charge in [0.1, 0.15) is 11.3 Å². The molecule has 1 aliphatic heterocycles. The molecule has 1 fully saturated rings. The molecule has 0 bridgehead atoms. The van der Waals surface area contributed by atoms with Crippen molar-refractivity contribution in [3.05, 3.63) is 87.5 Å². The number of benzene rings is 2. The molecular weight excluding hydrogens is 560 g/mol. The van der Waals surface area contributed by atoms with Crippen molar-refractivity contribution in [2.75, 3.05) is 46.9 Å². The van der Waals surface area contributed by atoms with Gasteiger partial charge in [-0.1, -0.05) is 41.9 Å². The summed E-state index contributed by atoms with van der Waals surface area (Å²) in [7, 11) is 3.72. The Labute approximate surface area is 230 Å². The summed E-state index contributed by atoms with van der Waals surface area (Å²) in [5, 5.41) is 3.24. The molecule has 2 amide bonds. The van der Waals surface area contributed by atoms with Crippen LogP contribution in [0.5, 0.6) is 11.6 Å². The molecule has 1 saturated heterocycles. The van der Waals surface area contributed by atoms with E-state index in [1.54, 1.807) is 42.3 Å². The molecule has 37 heavy (non-hydrogen) atoms. The number of pyridine rings is 1. The number of ether oxygens (including phenoxy) is 2. The Kier molecular flexibility index (Phi) is 11.3. The van der Waals surface area contributed by atoms with Gasteiger partial charge in [-0.05, 0) is 58.9 Å². The first-order chi connectivity index (χ1) is 17.9. The van der Waals surface area contributed by atoms with Crippen molar-refractivity contribution in [2.45, 2.75) is 6.61 Å². The predicted molar refractivity (Wildman–Crippen MR) is 147 cm³/mol. The first kappa shape index (κ1) is 28.6. The van der Waals surface area contributed by atoms with Gasteiger partial charge >= 0.3 is 0 Å². The largest absolute Gasteiger partial charge is 0.438 e. The van der Waals surface area contributed by atoms with Crippen LogP contribution in [0.4, 0.5) is 0 Å². The van der Waals surface area contributed by atoms with Crippen LogP contribution in [0.25, 0.3) is 0 Å². The Bertz CT molecular complexity index is 1160. The molecule has 1 aromatic heterocycles. The van der Waals surface area contributed by atoms with Gasteiger partial charge in [0.15, 0.2) is 0 Å². The summed E-state index contributed by atoms with van der Waals surface area (Å²) in [4.78, 5) is 33.1. The first-order valence-electron chi connectivity index (χ1n) is 11.7. The van der Waals surface area contributed by atoms with Gasteiger partial charge in [-0.2, -0.15) is 0 Å². The predicted octanol–water partition coefficient (Wildman–Crippen LogP) is 4.63. The lowest BCUT2D eigenvalue weighted by molar-refractivity contribution is -0.131. The number of aromatic nitrogens is 1. The molecule has 2 heterocycles. The standard InChI is InChI=1S/C19H20BrClN4O3.C8H10O/c1-24-6-8-25(9-7-24)17(26)12-22-18(27)16-10-13(20)11-23-19(16)28-15-4-2-14(21)3-5-15;1-9-7-8-5-3-2-4-6-8/h2-5,10-11H,6-9,12H2,1H3,(H,22,27);2-6H,7H2,1H3. The van der Waals surface area contributed by atoms with E-state index in [4.69, 9.17) is 21.1 Å². The van der Waals surface area contributed by atoms with Crippen molar-refractivity contribution in [1.82, 2.24) is 20.1 Å². The summed E-state index contributed by atoms with van der Waals surface area (Å²) in [6.45, 7) is 3.61. The van der Waals surface area contributed by atoms with Crippen LogP contribution in [-0.4, -0.2) is 73.5 Å². The molecule has 1 aliphatic rings. The van der Waals surface area contributed by atoms with E-state index in [-0.39, 0.29) is 23.9 Å². The molecule has 0 radical (unpaired) electrons. The highest BCUT2D eigenvalue weighted by Gasteiger charge is 2.21. The highest BCUT2D eigenvalue weighted by atomic mass is 79.9. The van der Waals surface area contributed by atoms with Gasteiger partial charge in [0, 0.05) is 49.0 Å². The molecule has 3 aromatic rings. The van der Waals surface area contributed by atoms with Gasteiger partial charge in [0.2, 0.25) is 11.8 Å². The first-order valence-corrected chi connectivity index (χ1v) is 12.9. The summed E-state index contributed by atoms with van der Waals surface area (Å²) < 4.78 is 11.3. The number of hydrogen-bond acceptors (Lipinski definition) is 6. The van der Waals surface area contributed by atoms with Crippen LogP contribution in [0.3, 0.4) is 0 Å². The Balaban J connectivity index is 0.000000356. The van der Waals surface area contributed by atoms with Gasteiger partial charge < -0.3 is 24.6 Å². The SMILES string of the molecule is CN1CCN(C(=O)CNC(=O)c2cc(Br)cnc2Oc2ccc(Cl)cc2)CC1.COCc1ccccc1. The van der Waals surface area contributed by atoms with E-state index in [2.05, 4.69) is 31.1 Å². The zero-order valence-electron chi connectivity index (χ0n) is 20.8. The third kappa shape index (κ3) is 9.44. The van der Waals surface area contributed by atoms with Crippen molar-refractivity contribution >= 4 is 39.3 Å². The van der Waals surface area contributed by atoms with E-state index in [0.29, 0.717) is 34.9 Å². The number of carbonyl (C=O) groups is 2. The van der Waals surface area contributed by atoms with Crippen LogP contribution >= 0.6 is 27.5 Å². The van der Waals surface area contributed by atoms with Crippen molar-refractivity contribution < 1.29 is 19.1 Å². The number of likely N-dealkylation sites (N-methyl/N-ethyl adjacent to an activating group) is 1. The van der Waals surface area contributed by atoms with Crippen LogP contribution in [0.2, 0.25) is 5.02 Å². The van der Waals surface area contributed by atoms with Gasteiger partial charge in [-0.3, -0.25) is 9.59 Å². The average molecular weight is 590 g/mol. The summed E-state index contributed by atoms with van der Waals surface area (Å²) in [6.07, 6.45) is 1.54. The molecule has 2 aromatic carbocycles. The molecular formula is C27H30BrClN4O4. The lowest BCUT2D eigenvalue weighted by Crippen LogP contribution is -2.50. The van der Waals surface area contributed by atoms with Crippen LogP contribution in [0.1, 0.15) is 15.9 Å². The van der Waals surface area contributed by atoms with Crippen LogP contribution in [0, 0.1) is 0 Å². The normalized spacial score (nSPS) is 13.4. The molecule has 10 heteroatoms. The molecule has 4 rings (SSSR count). The highest BCUT2D eigenvalue weighted by Crippen LogP contribution is 2.26. The summed E-state index contributed by atoms with van der Waals surface area (Å²) in [6, 6.07) is 18.5. The van der Waals surface area contributed by atoms with Crippen molar-refractivity contribution in [1.29, 1.82) is 0 Å². The Morgan fingerprint density at radius 1 is 1.05 bits per heavy atom. The lowest BCUT2D eigenvalue weighted by Gasteiger charge is -2.32. The zero-order valence-corrected chi connectivity index (χ0v) is 23.2. The van der Waals surface area contributed by atoms with Gasteiger partial charge in [0.25, 0.3) is 5.91 Å². The number of carbonyl (C=O) groups excluding carboxylic acids is 2. The minimum Gasteiger partial charge on any atom is -0.438 e. The second-order valence-electron chi connectivity index (χ2n) is 8.35. The zero-order chi connectivity index (χ0) is 26.6. The monoisotopic (exact) mass is 588 g/mol. The minimum atomic E-state index is -0.430. The Morgan fingerprint density at radius 3 is 2.38 bits per heavy atom. The molecule has 0 spiro atoms. The molecule has 0 saturated carbocycles. The molecule has 0 aliphatic carbocycles. The highest BCUT2D eigenvalue weighted by molar-refractivity contribution is 9.10. The van der Waals surface area contributed by atoms with Crippen LogP contribution < -0.4 is 10.1 Å². The third-order valence-electron chi connectivity index (χ3n) is 5.50.